The zero-order valence-corrected chi connectivity index (χ0v) is 9.30. The molecule has 0 saturated carbocycles. The largest absolute Gasteiger partial charge is 0.374 e. The van der Waals surface area contributed by atoms with Gasteiger partial charge in [-0.1, -0.05) is 12.1 Å². The molecule has 0 fully saturated rings. The number of aromatic nitrogens is 2. The first-order valence-electron chi connectivity index (χ1n) is 5.14. The molecule has 6 heteroatoms. The molecule has 0 unspecified atom stereocenters. The molecule has 6 nitrogen and oxygen atoms in total. The smallest absolute Gasteiger partial charge is 0.292 e. The number of rotatable bonds is 4. The predicted molar refractivity (Wildman–Crippen MR) is 63.7 cm³/mol. The van der Waals surface area contributed by atoms with E-state index in [2.05, 4.69) is 15.3 Å². The molecule has 2 aromatic rings. The molecular formula is C11H12N4O2. The van der Waals surface area contributed by atoms with Crippen LogP contribution in [0, 0.1) is 17.0 Å². The average molecular weight is 232 g/mol. The van der Waals surface area contributed by atoms with Gasteiger partial charge in [0, 0.05) is 11.8 Å². The van der Waals surface area contributed by atoms with E-state index in [-0.39, 0.29) is 5.69 Å². The summed E-state index contributed by atoms with van der Waals surface area (Å²) < 4.78 is 0. The lowest BCUT2D eigenvalue weighted by Gasteiger charge is -2.05. The molecular weight excluding hydrogens is 220 g/mol. The first-order valence-corrected chi connectivity index (χ1v) is 5.14. The minimum Gasteiger partial charge on any atom is -0.374 e. The second kappa shape index (κ2) is 4.65. The lowest BCUT2D eigenvalue weighted by molar-refractivity contribution is -0.384. The third-order valence-electron chi connectivity index (χ3n) is 2.48. The summed E-state index contributed by atoms with van der Waals surface area (Å²) in [6, 6.07) is 6.55. The number of aromatic amines is 1. The highest BCUT2D eigenvalue weighted by atomic mass is 16.6. The number of nitrogens with one attached hydrogen (secondary N) is 2. The Morgan fingerprint density at radius 1 is 1.47 bits per heavy atom. The number of H-pyrrole nitrogens is 1. The highest BCUT2D eigenvalue weighted by molar-refractivity contribution is 5.61. The number of imidazole rings is 1. The van der Waals surface area contributed by atoms with Crippen LogP contribution in [0.15, 0.2) is 30.6 Å². The second-order valence-electron chi connectivity index (χ2n) is 3.60. The fourth-order valence-electron chi connectivity index (χ4n) is 1.53. The summed E-state index contributed by atoms with van der Waals surface area (Å²) in [5.74, 6) is 0. The van der Waals surface area contributed by atoms with Crippen LogP contribution in [0.3, 0.4) is 0 Å². The van der Waals surface area contributed by atoms with Crippen LogP contribution in [-0.2, 0) is 6.54 Å². The van der Waals surface area contributed by atoms with Crippen LogP contribution in [0.4, 0.5) is 11.4 Å². The van der Waals surface area contributed by atoms with Crippen molar-refractivity contribution < 1.29 is 4.92 Å². The van der Waals surface area contributed by atoms with Crippen molar-refractivity contribution >= 4 is 11.4 Å². The van der Waals surface area contributed by atoms with Gasteiger partial charge in [0.15, 0.2) is 0 Å². The summed E-state index contributed by atoms with van der Waals surface area (Å²) in [7, 11) is 0. The standard InChI is InChI=1S/C11H12N4O2/c1-8-10(14-7-13-8)6-12-9-4-2-3-5-11(9)15(16)17/h2-5,7,12H,6H2,1H3,(H,13,14). The van der Waals surface area contributed by atoms with Gasteiger partial charge >= 0.3 is 0 Å². The third kappa shape index (κ3) is 2.41. The van der Waals surface area contributed by atoms with Crippen LogP contribution >= 0.6 is 0 Å². The molecule has 1 heterocycles. The Morgan fingerprint density at radius 2 is 2.24 bits per heavy atom. The van der Waals surface area contributed by atoms with E-state index in [1.165, 1.54) is 6.07 Å². The molecule has 0 aliphatic heterocycles. The Bertz CT molecular complexity index is 536. The van der Waals surface area contributed by atoms with Gasteiger partial charge in [-0.25, -0.2) is 4.98 Å². The van der Waals surface area contributed by atoms with Crippen molar-refractivity contribution in [2.24, 2.45) is 0 Å². The van der Waals surface area contributed by atoms with Crippen LogP contribution in [0.2, 0.25) is 0 Å². The van der Waals surface area contributed by atoms with Gasteiger partial charge in [-0.2, -0.15) is 0 Å². The zero-order chi connectivity index (χ0) is 12.3. The molecule has 0 aliphatic rings. The second-order valence-corrected chi connectivity index (χ2v) is 3.60. The maximum Gasteiger partial charge on any atom is 0.292 e. The molecule has 17 heavy (non-hydrogen) atoms. The Labute approximate surface area is 97.9 Å². The molecule has 0 spiro atoms. The highest BCUT2D eigenvalue weighted by Crippen LogP contribution is 2.23. The normalized spacial score (nSPS) is 10.2. The van der Waals surface area contributed by atoms with E-state index in [1.807, 2.05) is 6.92 Å². The Hall–Kier alpha value is -2.37. The molecule has 0 aliphatic carbocycles. The van der Waals surface area contributed by atoms with Gasteiger partial charge in [0.1, 0.15) is 5.69 Å². The van der Waals surface area contributed by atoms with E-state index in [0.29, 0.717) is 12.2 Å². The first kappa shape index (κ1) is 11.1. The first-order chi connectivity index (χ1) is 8.18. The molecule has 2 rings (SSSR count). The average Bonchev–Trinajstić information content (AvgIpc) is 2.72. The molecule has 1 aromatic heterocycles. The zero-order valence-electron chi connectivity index (χ0n) is 9.30. The van der Waals surface area contributed by atoms with Gasteiger partial charge in [0.2, 0.25) is 0 Å². The van der Waals surface area contributed by atoms with Gasteiger partial charge in [-0.15, -0.1) is 0 Å². The molecule has 0 bridgehead atoms. The molecule has 0 saturated heterocycles. The minimum atomic E-state index is -0.403. The topological polar surface area (TPSA) is 83.8 Å². The number of para-hydroxylation sites is 2. The van der Waals surface area contributed by atoms with Crippen LogP contribution in [0.5, 0.6) is 0 Å². The number of hydrogen-bond donors (Lipinski definition) is 2. The molecule has 2 N–H and O–H groups in total. The monoisotopic (exact) mass is 232 g/mol. The number of nitro benzene ring substituents is 1. The van der Waals surface area contributed by atoms with E-state index in [4.69, 9.17) is 0 Å². The van der Waals surface area contributed by atoms with Gasteiger partial charge in [-0.05, 0) is 13.0 Å². The molecule has 0 radical (unpaired) electrons. The molecule has 0 amide bonds. The van der Waals surface area contributed by atoms with E-state index < -0.39 is 4.92 Å². The molecule has 0 atom stereocenters. The summed E-state index contributed by atoms with van der Waals surface area (Å²) >= 11 is 0. The summed E-state index contributed by atoms with van der Waals surface area (Å²) in [5.41, 5.74) is 2.37. The van der Waals surface area contributed by atoms with Crippen molar-refractivity contribution in [3.63, 3.8) is 0 Å². The number of nitrogens with zero attached hydrogens (tertiary/aromatic N) is 2. The molecule has 88 valence electrons. The predicted octanol–water partition coefficient (Wildman–Crippen LogP) is 2.24. The maximum absolute atomic E-state index is 10.8. The maximum atomic E-state index is 10.8. The van der Waals surface area contributed by atoms with Crippen LogP contribution in [-0.4, -0.2) is 14.9 Å². The van der Waals surface area contributed by atoms with Gasteiger partial charge in [0.05, 0.1) is 23.5 Å². The van der Waals surface area contributed by atoms with Gasteiger partial charge in [0.25, 0.3) is 5.69 Å². The van der Waals surface area contributed by atoms with Crippen molar-refractivity contribution in [1.82, 2.24) is 9.97 Å². The SMILES string of the molecule is Cc1[nH]cnc1CNc1ccccc1[N+](=O)[O-]. The van der Waals surface area contributed by atoms with E-state index in [1.54, 1.807) is 24.5 Å². The number of nitro groups is 1. The number of benzene rings is 1. The van der Waals surface area contributed by atoms with Crippen LogP contribution in [0.1, 0.15) is 11.4 Å². The summed E-state index contributed by atoms with van der Waals surface area (Å²) in [6.07, 6.45) is 1.60. The van der Waals surface area contributed by atoms with E-state index in [9.17, 15) is 10.1 Å². The van der Waals surface area contributed by atoms with Crippen molar-refractivity contribution in [3.05, 3.63) is 52.1 Å². The van der Waals surface area contributed by atoms with Crippen LogP contribution in [0.25, 0.3) is 0 Å². The number of aryl methyl sites for hydroxylation is 1. The Morgan fingerprint density at radius 3 is 2.88 bits per heavy atom. The summed E-state index contributed by atoms with van der Waals surface area (Å²) in [5, 5.41) is 13.8. The fraction of sp³-hybridized carbons (Fsp3) is 0.182. The summed E-state index contributed by atoms with van der Waals surface area (Å²) in [6.45, 7) is 2.36. The number of anilines is 1. The quantitative estimate of drug-likeness (QED) is 0.625. The summed E-state index contributed by atoms with van der Waals surface area (Å²) in [4.78, 5) is 17.5. The van der Waals surface area contributed by atoms with Crippen molar-refractivity contribution in [3.8, 4) is 0 Å². The lowest BCUT2D eigenvalue weighted by atomic mass is 10.2. The highest BCUT2D eigenvalue weighted by Gasteiger charge is 2.12. The lowest BCUT2D eigenvalue weighted by Crippen LogP contribution is -2.03. The minimum absolute atomic E-state index is 0.0701. The fourth-order valence-corrected chi connectivity index (χ4v) is 1.53. The molecule has 1 aromatic carbocycles. The third-order valence-corrected chi connectivity index (χ3v) is 2.48. The van der Waals surface area contributed by atoms with E-state index >= 15 is 0 Å². The number of hydrogen-bond acceptors (Lipinski definition) is 4. The van der Waals surface area contributed by atoms with E-state index in [0.717, 1.165) is 11.4 Å². The Balaban J connectivity index is 2.14. The van der Waals surface area contributed by atoms with Crippen molar-refractivity contribution in [1.29, 1.82) is 0 Å². The van der Waals surface area contributed by atoms with Crippen molar-refractivity contribution in [2.45, 2.75) is 13.5 Å². The van der Waals surface area contributed by atoms with Crippen LogP contribution < -0.4 is 5.32 Å². The van der Waals surface area contributed by atoms with Crippen molar-refractivity contribution in [2.75, 3.05) is 5.32 Å². The van der Waals surface area contributed by atoms with Gasteiger partial charge in [-0.3, -0.25) is 10.1 Å². The Kier molecular flexibility index (Phi) is 3.04. The van der Waals surface area contributed by atoms with Gasteiger partial charge < -0.3 is 10.3 Å².